The Morgan fingerprint density at radius 2 is 2.10 bits per heavy atom. The highest BCUT2D eigenvalue weighted by Gasteiger charge is 2.22. The standard InChI is InChI=1S/C13H10IN5.ClH/c1-8-12-5-19-13(15-6-17-19)10-4-9(14)2-3-11(10)18(12)7-16-8;/h2-4,6-7H,5H2,1H3;1H. The molecule has 102 valence electrons. The van der Waals surface area contributed by atoms with Crippen molar-refractivity contribution in [1.29, 1.82) is 0 Å². The van der Waals surface area contributed by atoms with E-state index in [1.807, 2.05) is 17.9 Å². The zero-order valence-corrected chi connectivity index (χ0v) is 13.6. The minimum absolute atomic E-state index is 0. The van der Waals surface area contributed by atoms with Gasteiger partial charge in [0.2, 0.25) is 0 Å². The molecule has 0 unspecified atom stereocenters. The number of rotatable bonds is 0. The molecule has 3 heterocycles. The summed E-state index contributed by atoms with van der Waals surface area (Å²) in [5.74, 6) is 0.914. The number of aryl methyl sites for hydroxylation is 1. The van der Waals surface area contributed by atoms with E-state index in [9.17, 15) is 0 Å². The molecule has 0 fully saturated rings. The normalized spacial score (nSPS) is 11.9. The van der Waals surface area contributed by atoms with E-state index in [-0.39, 0.29) is 12.4 Å². The molecule has 0 radical (unpaired) electrons. The fourth-order valence-electron chi connectivity index (χ4n) is 2.49. The second kappa shape index (κ2) is 4.85. The van der Waals surface area contributed by atoms with Crippen LogP contribution in [0.4, 0.5) is 0 Å². The van der Waals surface area contributed by atoms with Crippen LogP contribution in [0.25, 0.3) is 17.1 Å². The first-order valence-electron chi connectivity index (χ1n) is 5.95. The minimum atomic E-state index is 0. The molecule has 0 spiro atoms. The molecule has 0 aliphatic carbocycles. The zero-order chi connectivity index (χ0) is 13.0. The number of benzene rings is 1. The van der Waals surface area contributed by atoms with Crippen LogP contribution in [0, 0.1) is 10.5 Å². The lowest BCUT2D eigenvalue weighted by atomic mass is 10.1. The average Bonchev–Trinajstić information content (AvgIpc) is 2.96. The molecule has 0 saturated carbocycles. The maximum absolute atomic E-state index is 4.42. The van der Waals surface area contributed by atoms with Crippen LogP contribution in [-0.4, -0.2) is 24.3 Å². The topological polar surface area (TPSA) is 48.5 Å². The largest absolute Gasteiger partial charge is 0.300 e. The summed E-state index contributed by atoms with van der Waals surface area (Å²) in [4.78, 5) is 8.82. The molecule has 1 aliphatic rings. The van der Waals surface area contributed by atoms with Crippen molar-refractivity contribution in [2.75, 3.05) is 0 Å². The van der Waals surface area contributed by atoms with Crippen molar-refractivity contribution < 1.29 is 0 Å². The quantitative estimate of drug-likeness (QED) is 0.427. The monoisotopic (exact) mass is 399 g/mol. The molecule has 4 rings (SSSR count). The molecule has 0 bridgehead atoms. The summed E-state index contributed by atoms with van der Waals surface area (Å²) in [5, 5.41) is 4.33. The zero-order valence-electron chi connectivity index (χ0n) is 10.6. The van der Waals surface area contributed by atoms with Crippen molar-refractivity contribution in [3.05, 3.63) is 45.8 Å². The first-order valence-corrected chi connectivity index (χ1v) is 7.03. The van der Waals surface area contributed by atoms with Crippen LogP contribution in [0.5, 0.6) is 0 Å². The number of aromatic nitrogens is 5. The second-order valence-electron chi connectivity index (χ2n) is 4.55. The van der Waals surface area contributed by atoms with Crippen molar-refractivity contribution in [2.45, 2.75) is 13.5 Å². The third-order valence-electron chi connectivity index (χ3n) is 3.45. The van der Waals surface area contributed by atoms with Gasteiger partial charge < -0.3 is 4.57 Å². The second-order valence-corrected chi connectivity index (χ2v) is 5.80. The molecule has 0 N–H and O–H groups in total. The highest BCUT2D eigenvalue weighted by molar-refractivity contribution is 14.1. The van der Waals surface area contributed by atoms with Gasteiger partial charge in [0, 0.05) is 9.13 Å². The number of halogens is 2. The Kier molecular flexibility index (Phi) is 3.29. The number of imidazole rings is 1. The number of nitrogens with zero attached hydrogens (tertiary/aromatic N) is 5. The Balaban J connectivity index is 0.00000121. The molecule has 1 aromatic carbocycles. The van der Waals surface area contributed by atoms with Gasteiger partial charge >= 0.3 is 0 Å². The molecular formula is C13H11ClIN5. The van der Waals surface area contributed by atoms with E-state index in [0.717, 1.165) is 28.5 Å². The van der Waals surface area contributed by atoms with Gasteiger partial charge in [-0.1, -0.05) is 0 Å². The lowest BCUT2D eigenvalue weighted by molar-refractivity contribution is 0.674. The number of fused-ring (bicyclic) bond motifs is 5. The van der Waals surface area contributed by atoms with E-state index >= 15 is 0 Å². The van der Waals surface area contributed by atoms with Crippen LogP contribution in [0.15, 0.2) is 30.9 Å². The molecule has 3 aromatic rings. The van der Waals surface area contributed by atoms with Gasteiger partial charge in [-0.15, -0.1) is 12.4 Å². The highest BCUT2D eigenvalue weighted by Crippen LogP contribution is 2.31. The van der Waals surface area contributed by atoms with Gasteiger partial charge in [-0.25, -0.2) is 14.6 Å². The van der Waals surface area contributed by atoms with Gasteiger partial charge in [-0.3, -0.25) is 0 Å². The maximum Gasteiger partial charge on any atom is 0.160 e. The van der Waals surface area contributed by atoms with E-state index in [2.05, 4.69) is 60.4 Å². The molecule has 5 nitrogen and oxygen atoms in total. The van der Waals surface area contributed by atoms with Crippen LogP contribution in [-0.2, 0) is 6.54 Å². The van der Waals surface area contributed by atoms with Crippen LogP contribution in [0.3, 0.4) is 0 Å². The molecule has 7 heteroatoms. The Morgan fingerprint density at radius 3 is 2.95 bits per heavy atom. The first-order chi connectivity index (χ1) is 9.24. The third kappa shape index (κ3) is 1.86. The van der Waals surface area contributed by atoms with Gasteiger partial charge in [0.1, 0.15) is 6.33 Å². The van der Waals surface area contributed by atoms with E-state index in [4.69, 9.17) is 0 Å². The smallest absolute Gasteiger partial charge is 0.160 e. The summed E-state index contributed by atoms with van der Waals surface area (Å²) in [6, 6.07) is 6.36. The van der Waals surface area contributed by atoms with Crippen molar-refractivity contribution in [3.8, 4) is 17.1 Å². The lowest BCUT2D eigenvalue weighted by Crippen LogP contribution is -2.05. The third-order valence-corrected chi connectivity index (χ3v) is 4.12. The summed E-state index contributed by atoms with van der Waals surface area (Å²) in [5.41, 5.74) is 4.41. The number of hydrogen-bond donors (Lipinski definition) is 0. The van der Waals surface area contributed by atoms with Crippen molar-refractivity contribution in [3.63, 3.8) is 0 Å². The van der Waals surface area contributed by atoms with Crippen LogP contribution < -0.4 is 0 Å². The lowest BCUT2D eigenvalue weighted by Gasteiger charge is -2.08. The summed E-state index contributed by atoms with van der Waals surface area (Å²) in [6.07, 6.45) is 3.49. The summed E-state index contributed by atoms with van der Waals surface area (Å²) in [6.45, 7) is 2.73. The van der Waals surface area contributed by atoms with Crippen molar-refractivity contribution in [1.82, 2.24) is 24.3 Å². The Labute approximate surface area is 135 Å². The number of hydrogen-bond acceptors (Lipinski definition) is 3. The molecular weight excluding hydrogens is 389 g/mol. The summed E-state index contributed by atoms with van der Waals surface area (Å²) >= 11 is 2.32. The fourth-order valence-corrected chi connectivity index (χ4v) is 2.98. The maximum atomic E-state index is 4.42. The van der Waals surface area contributed by atoms with Gasteiger partial charge in [0.05, 0.1) is 29.9 Å². The van der Waals surface area contributed by atoms with E-state index < -0.39 is 0 Å². The van der Waals surface area contributed by atoms with Gasteiger partial charge in [0.25, 0.3) is 0 Å². The Morgan fingerprint density at radius 1 is 1.25 bits per heavy atom. The van der Waals surface area contributed by atoms with Gasteiger partial charge in [-0.2, -0.15) is 5.10 Å². The molecule has 20 heavy (non-hydrogen) atoms. The summed E-state index contributed by atoms with van der Waals surface area (Å²) in [7, 11) is 0. The SMILES string of the molecule is Cc1ncn2c1Cn1ncnc1-c1cc(I)ccc1-2.Cl. The van der Waals surface area contributed by atoms with Crippen molar-refractivity contribution in [2.24, 2.45) is 0 Å². The predicted molar refractivity (Wildman–Crippen MR) is 86.4 cm³/mol. The van der Waals surface area contributed by atoms with Gasteiger partial charge in [-0.05, 0) is 47.7 Å². The molecule has 0 atom stereocenters. The average molecular weight is 400 g/mol. The van der Waals surface area contributed by atoms with E-state index in [1.54, 1.807) is 6.33 Å². The molecule has 0 amide bonds. The van der Waals surface area contributed by atoms with E-state index in [1.165, 1.54) is 3.57 Å². The molecule has 2 aromatic heterocycles. The van der Waals surface area contributed by atoms with Crippen LogP contribution in [0.1, 0.15) is 11.4 Å². The molecule has 0 saturated heterocycles. The van der Waals surface area contributed by atoms with E-state index in [0.29, 0.717) is 6.54 Å². The Hall–Kier alpha value is -1.41. The fraction of sp³-hybridized carbons (Fsp3) is 0.154. The highest BCUT2D eigenvalue weighted by atomic mass is 127. The summed E-state index contributed by atoms with van der Waals surface area (Å²) < 4.78 is 5.26. The van der Waals surface area contributed by atoms with Crippen molar-refractivity contribution >= 4 is 35.0 Å². The first kappa shape index (κ1) is 13.6. The minimum Gasteiger partial charge on any atom is -0.300 e. The molecule has 1 aliphatic heterocycles. The predicted octanol–water partition coefficient (Wildman–Crippen LogP) is 2.83. The Bertz CT molecular complexity index is 792. The van der Waals surface area contributed by atoms with Crippen LogP contribution in [0.2, 0.25) is 0 Å². The van der Waals surface area contributed by atoms with Gasteiger partial charge in [0.15, 0.2) is 5.82 Å². The van der Waals surface area contributed by atoms with Crippen LogP contribution >= 0.6 is 35.0 Å².